The average molecular weight is 274 g/mol. The van der Waals surface area contributed by atoms with Gasteiger partial charge in [-0.25, -0.2) is 0 Å². The van der Waals surface area contributed by atoms with Gasteiger partial charge in [-0.15, -0.1) is 0 Å². The zero-order valence-corrected chi connectivity index (χ0v) is 10.00. The van der Waals surface area contributed by atoms with Crippen molar-refractivity contribution in [3.63, 3.8) is 0 Å². The van der Waals surface area contributed by atoms with Crippen molar-refractivity contribution in [1.82, 2.24) is 0 Å². The van der Waals surface area contributed by atoms with Gasteiger partial charge < -0.3 is 15.9 Å². The van der Waals surface area contributed by atoms with Crippen LogP contribution < -0.4 is 5.73 Å². The van der Waals surface area contributed by atoms with Crippen LogP contribution in [0.15, 0.2) is 10.5 Å². The normalized spacial score (nSPS) is 12.5. The number of carbonyl (C=O) groups is 1. The highest BCUT2D eigenvalue weighted by Gasteiger charge is 2.21. The number of hydrogen-bond donors (Lipinski definition) is 3. The first-order valence-electron chi connectivity index (χ1n) is 4.33. The molecule has 82 valence electrons. The Kier molecular flexibility index (Phi) is 3.36. The number of carboxylic acid groups (broad SMARTS) is 1. The van der Waals surface area contributed by atoms with E-state index < -0.39 is 12.0 Å². The van der Waals surface area contributed by atoms with Gasteiger partial charge in [0.2, 0.25) is 0 Å². The Morgan fingerprint density at radius 3 is 2.53 bits per heavy atom. The van der Waals surface area contributed by atoms with E-state index >= 15 is 0 Å². The van der Waals surface area contributed by atoms with Crippen LogP contribution in [0.25, 0.3) is 0 Å². The Morgan fingerprint density at radius 1 is 1.53 bits per heavy atom. The second kappa shape index (κ2) is 4.20. The molecule has 1 atom stereocenters. The molecule has 0 unspecified atom stereocenters. The fourth-order valence-corrected chi connectivity index (χ4v) is 1.80. The lowest BCUT2D eigenvalue weighted by molar-refractivity contribution is -0.138. The van der Waals surface area contributed by atoms with E-state index in [1.165, 1.54) is 0 Å². The molecule has 0 spiro atoms. The quantitative estimate of drug-likeness (QED) is 0.768. The molecular weight excluding hydrogens is 262 g/mol. The summed E-state index contributed by atoms with van der Waals surface area (Å²) in [5, 5.41) is 18.5. The molecule has 15 heavy (non-hydrogen) atoms. The molecule has 0 fully saturated rings. The maximum Gasteiger partial charge on any atom is 0.325 e. The van der Waals surface area contributed by atoms with E-state index in [1.807, 2.05) is 13.8 Å². The lowest BCUT2D eigenvalue weighted by atomic mass is 10.0. The summed E-state index contributed by atoms with van der Waals surface area (Å²) in [6.07, 6.45) is 0. The minimum absolute atomic E-state index is 0.104. The summed E-state index contributed by atoms with van der Waals surface area (Å²) < 4.78 is 0.495. The van der Waals surface area contributed by atoms with Gasteiger partial charge >= 0.3 is 5.97 Å². The number of carboxylic acids is 1. The van der Waals surface area contributed by atoms with Crippen LogP contribution in [0.3, 0.4) is 0 Å². The van der Waals surface area contributed by atoms with Gasteiger partial charge in [0.1, 0.15) is 11.8 Å². The van der Waals surface area contributed by atoms with Gasteiger partial charge in [0, 0.05) is 5.56 Å². The van der Waals surface area contributed by atoms with Crippen LogP contribution in [-0.4, -0.2) is 16.2 Å². The van der Waals surface area contributed by atoms with Gasteiger partial charge in [-0.1, -0.05) is 0 Å². The van der Waals surface area contributed by atoms with Gasteiger partial charge in [0.25, 0.3) is 0 Å². The van der Waals surface area contributed by atoms with Crippen molar-refractivity contribution in [1.29, 1.82) is 0 Å². The summed E-state index contributed by atoms with van der Waals surface area (Å²) in [4.78, 5) is 10.7. The standard InChI is InChI=1S/C10H12BrNO3/c1-4-3-6(8(12)10(14)15)9(13)7(11)5(4)2/h3,8,13H,12H2,1-2H3,(H,14,15)/t8-/m0/s1. The molecule has 4 N–H and O–H groups in total. The van der Waals surface area contributed by atoms with Crippen LogP contribution in [0, 0.1) is 13.8 Å². The van der Waals surface area contributed by atoms with E-state index in [2.05, 4.69) is 15.9 Å². The highest BCUT2D eigenvalue weighted by Crippen LogP contribution is 2.35. The first kappa shape index (κ1) is 12.0. The molecule has 1 rings (SSSR count). The number of nitrogens with two attached hydrogens (primary N) is 1. The largest absolute Gasteiger partial charge is 0.506 e. The first-order chi connectivity index (χ1) is 6.86. The van der Waals surface area contributed by atoms with Crippen LogP contribution in [0.1, 0.15) is 22.7 Å². The predicted octanol–water partition coefficient (Wildman–Crippen LogP) is 1.86. The maximum absolute atomic E-state index is 10.7. The van der Waals surface area contributed by atoms with E-state index in [9.17, 15) is 9.90 Å². The minimum atomic E-state index is -1.21. The molecule has 0 aliphatic heterocycles. The monoisotopic (exact) mass is 273 g/mol. The highest BCUT2D eigenvalue weighted by atomic mass is 79.9. The summed E-state index contributed by atoms with van der Waals surface area (Å²) in [6.45, 7) is 3.66. The van der Waals surface area contributed by atoms with Crippen molar-refractivity contribution in [2.24, 2.45) is 5.73 Å². The molecule has 0 saturated heterocycles. The van der Waals surface area contributed by atoms with E-state index in [0.29, 0.717) is 4.47 Å². The number of aromatic hydroxyl groups is 1. The molecule has 0 bridgehead atoms. The smallest absolute Gasteiger partial charge is 0.325 e. The minimum Gasteiger partial charge on any atom is -0.506 e. The SMILES string of the molecule is Cc1cc([C@H](N)C(=O)O)c(O)c(Br)c1C. The number of aryl methyl sites for hydroxylation is 1. The van der Waals surface area contributed by atoms with Crippen molar-refractivity contribution in [3.05, 3.63) is 27.2 Å². The summed E-state index contributed by atoms with van der Waals surface area (Å²) in [6, 6.07) is 0.384. The molecule has 0 aromatic heterocycles. The Hall–Kier alpha value is -1.07. The van der Waals surface area contributed by atoms with E-state index in [-0.39, 0.29) is 11.3 Å². The van der Waals surface area contributed by atoms with Gasteiger partial charge in [0.05, 0.1) is 4.47 Å². The lowest BCUT2D eigenvalue weighted by Gasteiger charge is -2.14. The second-order valence-electron chi connectivity index (χ2n) is 3.39. The third-order valence-electron chi connectivity index (χ3n) is 2.38. The zero-order valence-electron chi connectivity index (χ0n) is 8.41. The highest BCUT2D eigenvalue weighted by molar-refractivity contribution is 9.10. The second-order valence-corrected chi connectivity index (χ2v) is 4.18. The molecule has 5 heteroatoms. The summed E-state index contributed by atoms with van der Waals surface area (Å²) in [7, 11) is 0. The Balaban J connectivity index is 3.38. The average Bonchev–Trinajstić information content (AvgIpc) is 2.19. The van der Waals surface area contributed by atoms with Crippen molar-refractivity contribution in [3.8, 4) is 5.75 Å². The third kappa shape index (κ3) is 2.13. The number of hydrogen-bond acceptors (Lipinski definition) is 3. The number of rotatable bonds is 2. The molecule has 0 radical (unpaired) electrons. The molecule has 0 aliphatic carbocycles. The first-order valence-corrected chi connectivity index (χ1v) is 5.12. The summed E-state index contributed by atoms with van der Waals surface area (Å²) in [5.41, 5.74) is 7.42. The Bertz CT molecular complexity index is 418. The van der Waals surface area contributed by atoms with E-state index in [0.717, 1.165) is 11.1 Å². The molecule has 0 amide bonds. The molecule has 0 heterocycles. The Labute approximate surface area is 95.8 Å². The fourth-order valence-electron chi connectivity index (χ4n) is 1.26. The zero-order chi connectivity index (χ0) is 11.7. The number of phenolic OH excluding ortho intramolecular Hbond substituents is 1. The molecule has 0 aliphatic rings. The topological polar surface area (TPSA) is 83.6 Å². The van der Waals surface area contributed by atoms with Gasteiger partial charge in [-0.2, -0.15) is 0 Å². The maximum atomic E-state index is 10.7. The molecule has 4 nitrogen and oxygen atoms in total. The van der Waals surface area contributed by atoms with Crippen molar-refractivity contribution < 1.29 is 15.0 Å². The Morgan fingerprint density at radius 2 is 2.07 bits per heavy atom. The molecule has 1 aromatic rings. The number of phenols is 1. The van der Waals surface area contributed by atoms with Gasteiger partial charge in [-0.05, 0) is 47.0 Å². The van der Waals surface area contributed by atoms with Crippen LogP contribution in [0.4, 0.5) is 0 Å². The molecule has 0 saturated carbocycles. The van der Waals surface area contributed by atoms with E-state index in [4.69, 9.17) is 10.8 Å². The van der Waals surface area contributed by atoms with Crippen LogP contribution >= 0.6 is 15.9 Å². The van der Waals surface area contributed by atoms with E-state index in [1.54, 1.807) is 6.07 Å². The van der Waals surface area contributed by atoms with Gasteiger partial charge in [0.15, 0.2) is 0 Å². The van der Waals surface area contributed by atoms with Crippen molar-refractivity contribution >= 4 is 21.9 Å². The number of halogens is 1. The molecular formula is C10H12BrNO3. The van der Waals surface area contributed by atoms with Crippen molar-refractivity contribution in [2.75, 3.05) is 0 Å². The van der Waals surface area contributed by atoms with Crippen LogP contribution in [0.5, 0.6) is 5.75 Å². The predicted molar refractivity (Wildman–Crippen MR) is 59.8 cm³/mol. The fraction of sp³-hybridized carbons (Fsp3) is 0.300. The molecule has 1 aromatic carbocycles. The third-order valence-corrected chi connectivity index (χ3v) is 3.35. The summed E-state index contributed by atoms with van der Waals surface area (Å²) in [5.74, 6) is -1.27. The number of benzene rings is 1. The summed E-state index contributed by atoms with van der Waals surface area (Å²) >= 11 is 3.20. The van der Waals surface area contributed by atoms with Crippen LogP contribution in [-0.2, 0) is 4.79 Å². The lowest BCUT2D eigenvalue weighted by Crippen LogP contribution is -2.21. The van der Waals surface area contributed by atoms with Crippen LogP contribution in [0.2, 0.25) is 0 Å². The van der Waals surface area contributed by atoms with Gasteiger partial charge in [-0.3, -0.25) is 4.79 Å². The number of aliphatic carboxylic acids is 1. The van der Waals surface area contributed by atoms with Crippen molar-refractivity contribution in [2.45, 2.75) is 19.9 Å².